The second-order valence-electron chi connectivity index (χ2n) is 6.39. The fourth-order valence-electron chi connectivity index (χ4n) is 2.26. The summed E-state index contributed by atoms with van der Waals surface area (Å²) in [6.07, 6.45) is -0.247. The summed E-state index contributed by atoms with van der Waals surface area (Å²) in [5.41, 5.74) is 2.63. The maximum atomic E-state index is 10.1. The minimum absolute atomic E-state index is 0.247. The van der Waals surface area contributed by atoms with E-state index in [-0.39, 0.29) is 6.10 Å². The molecule has 0 unspecified atom stereocenters. The SMILES string of the molecule is Cc1cccc(CN(CC(C)C)C[C@@H](O)C(C)C)c1. The lowest BCUT2D eigenvalue weighted by molar-refractivity contribution is 0.0682. The average Bonchev–Trinajstić information content (AvgIpc) is 2.27. The van der Waals surface area contributed by atoms with Crippen molar-refractivity contribution in [2.24, 2.45) is 11.8 Å². The first-order chi connectivity index (χ1) is 8.88. The summed E-state index contributed by atoms with van der Waals surface area (Å²) in [5, 5.41) is 10.1. The van der Waals surface area contributed by atoms with Gasteiger partial charge in [0, 0.05) is 19.6 Å². The van der Waals surface area contributed by atoms with Crippen LogP contribution in [0.4, 0.5) is 0 Å². The maximum absolute atomic E-state index is 10.1. The molecule has 0 aliphatic carbocycles. The monoisotopic (exact) mass is 263 g/mol. The smallest absolute Gasteiger partial charge is 0.0690 e. The number of rotatable bonds is 7. The number of aryl methyl sites for hydroxylation is 1. The van der Waals surface area contributed by atoms with Gasteiger partial charge in [0.05, 0.1) is 6.10 Å². The molecule has 0 saturated heterocycles. The molecular formula is C17H29NO. The first-order valence-electron chi connectivity index (χ1n) is 7.34. The van der Waals surface area contributed by atoms with E-state index in [9.17, 15) is 5.11 Å². The van der Waals surface area contributed by atoms with Crippen LogP contribution >= 0.6 is 0 Å². The van der Waals surface area contributed by atoms with Gasteiger partial charge in [-0.15, -0.1) is 0 Å². The van der Waals surface area contributed by atoms with Gasteiger partial charge in [-0.2, -0.15) is 0 Å². The highest BCUT2D eigenvalue weighted by atomic mass is 16.3. The van der Waals surface area contributed by atoms with E-state index in [1.807, 2.05) is 0 Å². The molecule has 0 aliphatic heterocycles. The van der Waals surface area contributed by atoms with Crippen LogP contribution in [-0.4, -0.2) is 29.2 Å². The molecule has 0 fully saturated rings. The molecule has 108 valence electrons. The molecule has 0 bridgehead atoms. The highest BCUT2D eigenvalue weighted by molar-refractivity contribution is 5.22. The highest BCUT2D eigenvalue weighted by Crippen LogP contribution is 2.12. The number of hydrogen-bond donors (Lipinski definition) is 1. The normalized spacial score (nSPS) is 13.5. The van der Waals surface area contributed by atoms with Gasteiger partial charge in [0.15, 0.2) is 0 Å². The predicted molar refractivity (Wildman–Crippen MR) is 82.1 cm³/mol. The van der Waals surface area contributed by atoms with Crippen molar-refractivity contribution >= 4 is 0 Å². The topological polar surface area (TPSA) is 23.5 Å². The summed E-state index contributed by atoms with van der Waals surface area (Å²) in [7, 11) is 0. The lowest BCUT2D eigenvalue weighted by atomic mass is 10.1. The van der Waals surface area contributed by atoms with Gasteiger partial charge in [-0.05, 0) is 24.3 Å². The number of benzene rings is 1. The Morgan fingerprint density at radius 2 is 1.79 bits per heavy atom. The van der Waals surface area contributed by atoms with Crippen LogP contribution in [0.15, 0.2) is 24.3 Å². The van der Waals surface area contributed by atoms with Crippen LogP contribution < -0.4 is 0 Å². The van der Waals surface area contributed by atoms with E-state index in [4.69, 9.17) is 0 Å². The van der Waals surface area contributed by atoms with E-state index < -0.39 is 0 Å². The zero-order chi connectivity index (χ0) is 14.4. The number of aliphatic hydroxyl groups excluding tert-OH is 1. The van der Waals surface area contributed by atoms with E-state index in [1.165, 1.54) is 11.1 Å². The molecule has 2 heteroatoms. The van der Waals surface area contributed by atoms with Gasteiger partial charge in [0.25, 0.3) is 0 Å². The summed E-state index contributed by atoms with van der Waals surface area (Å²) in [4.78, 5) is 2.37. The lowest BCUT2D eigenvalue weighted by Crippen LogP contribution is -2.36. The van der Waals surface area contributed by atoms with E-state index in [2.05, 4.69) is 63.8 Å². The van der Waals surface area contributed by atoms with E-state index in [0.717, 1.165) is 19.6 Å². The molecule has 0 amide bonds. The number of nitrogens with zero attached hydrogens (tertiary/aromatic N) is 1. The van der Waals surface area contributed by atoms with Crippen molar-refractivity contribution in [3.8, 4) is 0 Å². The second kappa shape index (κ2) is 7.66. The molecule has 0 aromatic heterocycles. The Balaban J connectivity index is 2.68. The van der Waals surface area contributed by atoms with Gasteiger partial charge in [0.1, 0.15) is 0 Å². The molecule has 0 heterocycles. The standard InChI is InChI=1S/C17H29NO/c1-13(2)10-18(12-17(19)14(3)4)11-16-8-6-7-15(5)9-16/h6-9,13-14,17,19H,10-12H2,1-5H3/t17-/m1/s1. The molecule has 0 aliphatic rings. The molecular weight excluding hydrogens is 234 g/mol. The van der Waals surface area contributed by atoms with Crippen molar-refractivity contribution in [3.05, 3.63) is 35.4 Å². The summed E-state index contributed by atoms with van der Waals surface area (Å²) >= 11 is 0. The van der Waals surface area contributed by atoms with Crippen LogP contribution in [0.5, 0.6) is 0 Å². The Morgan fingerprint density at radius 3 is 2.32 bits per heavy atom. The molecule has 1 aromatic rings. The highest BCUT2D eigenvalue weighted by Gasteiger charge is 2.16. The van der Waals surface area contributed by atoms with Crippen molar-refractivity contribution < 1.29 is 5.11 Å². The maximum Gasteiger partial charge on any atom is 0.0690 e. The number of aliphatic hydroxyl groups is 1. The molecule has 19 heavy (non-hydrogen) atoms. The van der Waals surface area contributed by atoms with Crippen LogP contribution in [0.1, 0.15) is 38.8 Å². The Labute approximate surface area is 118 Å². The molecule has 1 rings (SSSR count). The van der Waals surface area contributed by atoms with E-state index in [1.54, 1.807) is 0 Å². The third-order valence-corrected chi connectivity index (χ3v) is 3.33. The summed E-state index contributed by atoms with van der Waals surface area (Å²) < 4.78 is 0. The molecule has 1 atom stereocenters. The number of hydrogen-bond acceptors (Lipinski definition) is 2. The average molecular weight is 263 g/mol. The van der Waals surface area contributed by atoms with Gasteiger partial charge in [-0.1, -0.05) is 57.5 Å². The van der Waals surface area contributed by atoms with Gasteiger partial charge in [0.2, 0.25) is 0 Å². The van der Waals surface area contributed by atoms with E-state index >= 15 is 0 Å². The summed E-state index contributed by atoms with van der Waals surface area (Å²) in [5.74, 6) is 0.927. The van der Waals surface area contributed by atoms with Crippen molar-refractivity contribution in [3.63, 3.8) is 0 Å². The third-order valence-electron chi connectivity index (χ3n) is 3.33. The Morgan fingerprint density at radius 1 is 1.11 bits per heavy atom. The second-order valence-corrected chi connectivity index (χ2v) is 6.39. The molecule has 0 saturated carbocycles. The van der Waals surface area contributed by atoms with Crippen LogP contribution in [0, 0.1) is 18.8 Å². The Hall–Kier alpha value is -0.860. The zero-order valence-electron chi connectivity index (χ0n) is 13.1. The largest absolute Gasteiger partial charge is 0.392 e. The quantitative estimate of drug-likeness (QED) is 0.814. The van der Waals surface area contributed by atoms with Crippen LogP contribution in [0.25, 0.3) is 0 Å². The molecule has 2 nitrogen and oxygen atoms in total. The van der Waals surface area contributed by atoms with E-state index in [0.29, 0.717) is 11.8 Å². The van der Waals surface area contributed by atoms with Crippen LogP contribution in [0.3, 0.4) is 0 Å². The van der Waals surface area contributed by atoms with Crippen molar-refractivity contribution in [2.75, 3.05) is 13.1 Å². The Bertz CT molecular complexity index is 373. The molecule has 0 radical (unpaired) electrons. The first-order valence-corrected chi connectivity index (χ1v) is 7.34. The van der Waals surface area contributed by atoms with Crippen molar-refractivity contribution in [2.45, 2.75) is 47.3 Å². The minimum atomic E-state index is -0.247. The Kier molecular flexibility index (Phi) is 6.53. The predicted octanol–water partition coefficient (Wildman–Crippen LogP) is 3.47. The molecule has 1 aromatic carbocycles. The van der Waals surface area contributed by atoms with Gasteiger partial charge < -0.3 is 5.11 Å². The fraction of sp³-hybridized carbons (Fsp3) is 0.647. The molecule has 0 spiro atoms. The van der Waals surface area contributed by atoms with Crippen molar-refractivity contribution in [1.82, 2.24) is 4.90 Å². The third kappa shape index (κ3) is 6.22. The van der Waals surface area contributed by atoms with Crippen LogP contribution in [0.2, 0.25) is 0 Å². The first kappa shape index (κ1) is 16.2. The lowest BCUT2D eigenvalue weighted by Gasteiger charge is -2.28. The summed E-state index contributed by atoms with van der Waals surface area (Å²) in [6.45, 7) is 13.4. The van der Waals surface area contributed by atoms with Crippen molar-refractivity contribution in [1.29, 1.82) is 0 Å². The molecule has 1 N–H and O–H groups in total. The van der Waals surface area contributed by atoms with Gasteiger partial charge >= 0.3 is 0 Å². The van der Waals surface area contributed by atoms with Crippen LogP contribution in [-0.2, 0) is 6.54 Å². The zero-order valence-corrected chi connectivity index (χ0v) is 13.1. The van der Waals surface area contributed by atoms with Gasteiger partial charge in [-0.3, -0.25) is 4.90 Å². The van der Waals surface area contributed by atoms with Gasteiger partial charge in [-0.25, -0.2) is 0 Å². The fourth-order valence-corrected chi connectivity index (χ4v) is 2.26. The summed E-state index contributed by atoms with van der Waals surface area (Å²) in [6, 6.07) is 8.63. The minimum Gasteiger partial charge on any atom is -0.392 e.